The lowest BCUT2D eigenvalue weighted by Gasteiger charge is -2.11. The maximum absolute atomic E-state index is 14.0. The van der Waals surface area contributed by atoms with Crippen LogP contribution in [0.3, 0.4) is 0 Å². The Morgan fingerprint density at radius 1 is 1.17 bits per heavy atom. The van der Waals surface area contributed by atoms with Gasteiger partial charge in [0.1, 0.15) is 17.3 Å². The van der Waals surface area contributed by atoms with Gasteiger partial charge in [-0.25, -0.2) is 4.39 Å². The minimum Gasteiger partial charge on any atom is -0.360 e. The van der Waals surface area contributed by atoms with Gasteiger partial charge in [-0.2, -0.15) is 0 Å². The number of nitrogens with zero attached hydrogens (tertiary/aromatic N) is 2. The van der Waals surface area contributed by atoms with Gasteiger partial charge in [0, 0.05) is 37.0 Å². The number of carbonyl (C=O) groups excluding carboxylic acids is 1. The molecule has 0 saturated carbocycles. The van der Waals surface area contributed by atoms with E-state index in [1.807, 2.05) is 37.3 Å². The lowest BCUT2D eigenvalue weighted by Crippen LogP contribution is -2.21. The van der Waals surface area contributed by atoms with E-state index in [2.05, 4.69) is 10.1 Å². The molecule has 0 aliphatic heterocycles. The molecule has 5 nitrogen and oxygen atoms in total. The van der Waals surface area contributed by atoms with Gasteiger partial charge in [-0.3, -0.25) is 4.79 Å². The molecule has 2 aromatic carbocycles. The van der Waals surface area contributed by atoms with Crippen molar-refractivity contribution in [3.63, 3.8) is 0 Å². The number of amides is 1. The predicted octanol–water partition coefficient (Wildman–Crippen LogP) is 4.96. The Labute approximate surface area is 168 Å². The second-order valence-electron chi connectivity index (χ2n) is 7.29. The number of rotatable bonds is 5. The topological polar surface area (TPSA) is 62.1 Å². The number of H-pyrrole nitrogens is 1. The van der Waals surface area contributed by atoms with Crippen LogP contribution in [0.4, 0.5) is 4.39 Å². The van der Waals surface area contributed by atoms with Crippen molar-refractivity contribution >= 4 is 16.8 Å². The van der Waals surface area contributed by atoms with Crippen molar-refractivity contribution in [1.82, 2.24) is 15.0 Å². The highest BCUT2D eigenvalue weighted by atomic mass is 19.1. The summed E-state index contributed by atoms with van der Waals surface area (Å²) < 4.78 is 19.5. The summed E-state index contributed by atoms with van der Waals surface area (Å²) >= 11 is 0. The van der Waals surface area contributed by atoms with Crippen molar-refractivity contribution < 1.29 is 13.7 Å². The molecule has 1 N–H and O–H groups in total. The van der Waals surface area contributed by atoms with Gasteiger partial charge in [-0.1, -0.05) is 35.5 Å². The van der Waals surface area contributed by atoms with Gasteiger partial charge in [0.25, 0.3) is 0 Å². The first kappa shape index (κ1) is 18.9. The molecule has 2 heterocycles. The van der Waals surface area contributed by atoms with E-state index < -0.39 is 0 Å². The molecule has 0 radical (unpaired) electrons. The zero-order valence-electron chi connectivity index (χ0n) is 16.6. The summed E-state index contributed by atoms with van der Waals surface area (Å²) in [6.07, 6.45) is 0.809. The van der Waals surface area contributed by atoms with Gasteiger partial charge in [0.15, 0.2) is 0 Å². The van der Waals surface area contributed by atoms with E-state index in [0.29, 0.717) is 18.6 Å². The highest BCUT2D eigenvalue weighted by Gasteiger charge is 2.23. The van der Waals surface area contributed by atoms with E-state index >= 15 is 0 Å². The van der Waals surface area contributed by atoms with E-state index in [-0.39, 0.29) is 11.7 Å². The lowest BCUT2D eigenvalue weighted by atomic mass is 9.97. The molecule has 1 amide bonds. The maximum atomic E-state index is 14.0. The van der Waals surface area contributed by atoms with Crippen molar-refractivity contribution in [1.29, 1.82) is 0 Å². The Morgan fingerprint density at radius 2 is 1.93 bits per heavy atom. The molecule has 0 atom stereocenters. The van der Waals surface area contributed by atoms with Gasteiger partial charge >= 0.3 is 0 Å². The standard InChI is InChI=1S/C23H22FN3O2/c1-14-21(22(26-29-14)15-7-5-4-6-8-15)23-17(10-12-20(28)27(2)3)18-13-16(24)9-11-19(18)25-23/h4-9,11,13,25H,10,12H2,1-3H3. The summed E-state index contributed by atoms with van der Waals surface area (Å²) in [6.45, 7) is 1.86. The third kappa shape index (κ3) is 3.53. The fourth-order valence-corrected chi connectivity index (χ4v) is 3.61. The molecule has 0 bridgehead atoms. The number of nitrogens with one attached hydrogen (secondary N) is 1. The molecule has 2 aromatic heterocycles. The zero-order chi connectivity index (χ0) is 20.5. The van der Waals surface area contributed by atoms with Crippen LogP contribution in [0.1, 0.15) is 17.7 Å². The molecule has 0 saturated heterocycles. The van der Waals surface area contributed by atoms with Crippen molar-refractivity contribution in [3.05, 3.63) is 65.7 Å². The Balaban J connectivity index is 1.89. The molecular weight excluding hydrogens is 369 g/mol. The Kier molecular flexibility index (Phi) is 4.92. The molecule has 4 aromatic rings. The van der Waals surface area contributed by atoms with E-state index in [1.54, 1.807) is 25.1 Å². The second kappa shape index (κ2) is 7.54. The number of carbonyl (C=O) groups is 1. The third-order valence-electron chi connectivity index (χ3n) is 5.12. The highest BCUT2D eigenvalue weighted by Crippen LogP contribution is 2.39. The van der Waals surface area contributed by atoms with Crippen LogP contribution in [-0.2, 0) is 11.2 Å². The normalized spacial score (nSPS) is 11.2. The average molecular weight is 391 g/mol. The first-order valence-electron chi connectivity index (χ1n) is 9.48. The number of aromatic nitrogens is 2. The van der Waals surface area contributed by atoms with Crippen LogP contribution in [-0.4, -0.2) is 35.0 Å². The predicted molar refractivity (Wildman–Crippen MR) is 111 cm³/mol. The molecule has 0 unspecified atom stereocenters. The SMILES string of the molecule is Cc1onc(-c2ccccc2)c1-c1[nH]c2ccc(F)cc2c1CCC(=O)N(C)C. The number of hydrogen-bond donors (Lipinski definition) is 1. The molecule has 0 aliphatic carbocycles. The molecule has 4 rings (SSSR count). The summed E-state index contributed by atoms with van der Waals surface area (Å²) in [5, 5.41) is 5.04. The molecule has 0 spiro atoms. The molecule has 148 valence electrons. The average Bonchev–Trinajstić information content (AvgIpc) is 3.26. The quantitative estimate of drug-likeness (QED) is 0.523. The number of benzene rings is 2. The van der Waals surface area contributed by atoms with Gasteiger partial charge < -0.3 is 14.4 Å². The Bertz CT molecular complexity index is 1180. The van der Waals surface area contributed by atoms with E-state index in [0.717, 1.165) is 39.0 Å². The van der Waals surface area contributed by atoms with Crippen molar-refractivity contribution in [2.24, 2.45) is 0 Å². The van der Waals surface area contributed by atoms with Crippen LogP contribution in [0.25, 0.3) is 33.4 Å². The second-order valence-corrected chi connectivity index (χ2v) is 7.29. The number of halogens is 1. The van der Waals surface area contributed by atoms with Crippen molar-refractivity contribution in [3.8, 4) is 22.5 Å². The fraction of sp³-hybridized carbons (Fsp3) is 0.217. The van der Waals surface area contributed by atoms with E-state index in [9.17, 15) is 9.18 Å². The van der Waals surface area contributed by atoms with Gasteiger partial charge in [-0.15, -0.1) is 0 Å². The van der Waals surface area contributed by atoms with Gasteiger partial charge in [0.2, 0.25) is 5.91 Å². The lowest BCUT2D eigenvalue weighted by molar-refractivity contribution is -0.128. The molecule has 0 fully saturated rings. The number of aryl methyl sites for hydroxylation is 2. The minimum absolute atomic E-state index is 0.0204. The Hall–Kier alpha value is -3.41. The highest BCUT2D eigenvalue weighted by molar-refractivity contribution is 5.94. The monoisotopic (exact) mass is 391 g/mol. The summed E-state index contributed by atoms with van der Waals surface area (Å²) in [4.78, 5) is 17.2. The maximum Gasteiger partial charge on any atom is 0.222 e. The molecular formula is C23H22FN3O2. The van der Waals surface area contributed by atoms with E-state index in [1.165, 1.54) is 12.1 Å². The molecule has 0 aliphatic rings. The van der Waals surface area contributed by atoms with Crippen LogP contribution in [0.2, 0.25) is 0 Å². The van der Waals surface area contributed by atoms with Crippen LogP contribution < -0.4 is 0 Å². The summed E-state index contributed by atoms with van der Waals surface area (Å²) in [6, 6.07) is 14.4. The van der Waals surface area contributed by atoms with Crippen LogP contribution in [0.5, 0.6) is 0 Å². The van der Waals surface area contributed by atoms with Gasteiger partial charge in [0.05, 0.1) is 11.3 Å². The number of fused-ring (bicyclic) bond motifs is 1. The van der Waals surface area contributed by atoms with Crippen LogP contribution in [0.15, 0.2) is 53.1 Å². The van der Waals surface area contributed by atoms with Crippen molar-refractivity contribution in [2.45, 2.75) is 19.8 Å². The number of aromatic amines is 1. The summed E-state index contributed by atoms with van der Waals surface area (Å²) in [7, 11) is 3.46. The fourth-order valence-electron chi connectivity index (χ4n) is 3.61. The first-order valence-corrected chi connectivity index (χ1v) is 9.48. The molecule has 29 heavy (non-hydrogen) atoms. The van der Waals surface area contributed by atoms with E-state index in [4.69, 9.17) is 4.52 Å². The smallest absolute Gasteiger partial charge is 0.222 e. The summed E-state index contributed by atoms with van der Waals surface area (Å²) in [5.74, 6) is 0.372. The van der Waals surface area contributed by atoms with Crippen LogP contribution in [0, 0.1) is 12.7 Å². The van der Waals surface area contributed by atoms with Crippen LogP contribution >= 0.6 is 0 Å². The number of hydrogen-bond acceptors (Lipinski definition) is 3. The van der Waals surface area contributed by atoms with Gasteiger partial charge in [-0.05, 0) is 37.1 Å². The first-order chi connectivity index (χ1) is 14.0. The largest absolute Gasteiger partial charge is 0.360 e. The summed E-state index contributed by atoms with van der Waals surface area (Å²) in [5.41, 5.74) is 5.00. The Morgan fingerprint density at radius 3 is 2.66 bits per heavy atom. The minimum atomic E-state index is -0.312. The molecule has 6 heteroatoms. The third-order valence-corrected chi connectivity index (χ3v) is 5.12. The van der Waals surface area contributed by atoms with Crippen molar-refractivity contribution in [2.75, 3.05) is 14.1 Å². The zero-order valence-corrected chi connectivity index (χ0v) is 16.6.